The first-order valence-corrected chi connectivity index (χ1v) is 15.6. The van der Waals surface area contributed by atoms with Gasteiger partial charge < -0.3 is 23.7 Å². The summed E-state index contributed by atoms with van der Waals surface area (Å²) in [5.41, 5.74) is 0.797. The largest absolute Gasteiger partial charge is 0.494 e. The van der Waals surface area contributed by atoms with Crippen LogP contribution in [0.1, 0.15) is 103 Å². The second-order valence-corrected chi connectivity index (χ2v) is 10.5. The molecule has 45 heavy (non-hydrogen) atoms. The molecule has 0 N–H and O–H groups in total. The van der Waals surface area contributed by atoms with Crippen molar-refractivity contribution in [2.45, 2.75) is 78.2 Å². The smallest absolute Gasteiger partial charge is 0.347 e. The lowest BCUT2D eigenvalue weighted by Gasteiger charge is -2.13. The Bertz CT molecular complexity index is 1360. The van der Waals surface area contributed by atoms with Crippen molar-refractivity contribution in [2.24, 2.45) is 0 Å². The zero-order valence-electron chi connectivity index (χ0n) is 26.3. The Kier molecular flexibility index (Phi) is 14.6. The van der Waals surface area contributed by atoms with Gasteiger partial charge in [-0.15, -0.1) is 0 Å². The van der Waals surface area contributed by atoms with E-state index < -0.39 is 30.0 Å². The summed E-state index contributed by atoms with van der Waals surface area (Å²) in [5, 5.41) is 0. The molecule has 0 heterocycles. The molecule has 0 aliphatic heterocycles. The number of carbonyl (C=O) groups is 4. The highest BCUT2D eigenvalue weighted by Crippen LogP contribution is 2.20. The monoisotopic (exact) mass is 618 g/mol. The number of rotatable bonds is 18. The zero-order chi connectivity index (χ0) is 32.4. The molecule has 9 nitrogen and oxygen atoms in total. The molecular weight excluding hydrogens is 576 g/mol. The van der Waals surface area contributed by atoms with E-state index in [1.165, 1.54) is 68.3 Å². The van der Waals surface area contributed by atoms with Crippen molar-refractivity contribution in [3.05, 3.63) is 89.5 Å². The van der Waals surface area contributed by atoms with Crippen LogP contribution in [0.3, 0.4) is 0 Å². The number of benzene rings is 3. The Morgan fingerprint density at radius 3 is 1.42 bits per heavy atom. The van der Waals surface area contributed by atoms with Gasteiger partial charge in [0.25, 0.3) is 0 Å². The maximum absolute atomic E-state index is 12.6. The first-order chi connectivity index (χ1) is 21.8. The fourth-order valence-electron chi connectivity index (χ4n) is 4.15. The van der Waals surface area contributed by atoms with Crippen molar-refractivity contribution in [3.63, 3.8) is 0 Å². The predicted molar refractivity (Wildman–Crippen MR) is 169 cm³/mol. The maximum atomic E-state index is 12.6. The van der Waals surface area contributed by atoms with E-state index in [0.717, 1.165) is 38.5 Å². The van der Waals surface area contributed by atoms with Gasteiger partial charge >= 0.3 is 23.9 Å². The molecule has 0 radical (unpaired) electrons. The number of unbranched alkanes of at least 4 members (excludes halogenated alkanes) is 6. The highest BCUT2D eigenvalue weighted by atomic mass is 16.6. The van der Waals surface area contributed by atoms with Crippen molar-refractivity contribution < 1.29 is 42.9 Å². The Morgan fingerprint density at radius 1 is 0.533 bits per heavy atom. The Labute approximate surface area is 264 Å². The van der Waals surface area contributed by atoms with E-state index in [4.69, 9.17) is 23.7 Å². The highest BCUT2D eigenvalue weighted by molar-refractivity contribution is 5.93. The maximum Gasteiger partial charge on any atom is 0.347 e. The summed E-state index contributed by atoms with van der Waals surface area (Å²) in [4.78, 5) is 49.7. The summed E-state index contributed by atoms with van der Waals surface area (Å²) < 4.78 is 26.9. The van der Waals surface area contributed by atoms with Gasteiger partial charge in [-0.2, -0.15) is 0 Å². The summed E-state index contributed by atoms with van der Waals surface area (Å²) in [6, 6.07) is 18.5. The summed E-state index contributed by atoms with van der Waals surface area (Å²) in [5.74, 6) is -1.30. The average Bonchev–Trinajstić information content (AvgIpc) is 3.05. The fourth-order valence-corrected chi connectivity index (χ4v) is 4.15. The third-order valence-corrected chi connectivity index (χ3v) is 6.82. The topological polar surface area (TPSA) is 114 Å². The lowest BCUT2D eigenvalue weighted by Crippen LogP contribution is -2.26. The van der Waals surface area contributed by atoms with E-state index in [1.807, 2.05) is 0 Å². The molecule has 0 bridgehead atoms. The van der Waals surface area contributed by atoms with E-state index in [9.17, 15) is 19.2 Å². The third kappa shape index (κ3) is 12.1. The van der Waals surface area contributed by atoms with Crippen molar-refractivity contribution in [1.29, 1.82) is 0 Å². The molecule has 3 aromatic rings. The summed E-state index contributed by atoms with van der Waals surface area (Å²) in [6.45, 7) is 6.64. The molecule has 0 fully saturated rings. The van der Waals surface area contributed by atoms with Gasteiger partial charge in [-0.1, -0.05) is 52.4 Å². The van der Waals surface area contributed by atoms with Crippen molar-refractivity contribution in [3.8, 4) is 17.2 Å². The summed E-state index contributed by atoms with van der Waals surface area (Å²) in [6.07, 6.45) is 7.32. The van der Waals surface area contributed by atoms with Gasteiger partial charge in [0, 0.05) is 0 Å². The van der Waals surface area contributed by atoms with Gasteiger partial charge in [0.1, 0.15) is 17.2 Å². The summed E-state index contributed by atoms with van der Waals surface area (Å²) in [7, 11) is 0. The van der Waals surface area contributed by atoms with Gasteiger partial charge in [-0.05, 0) is 92.6 Å². The van der Waals surface area contributed by atoms with Crippen LogP contribution >= 0.6 is 0 Å². The normalized spacial score (nSPS) is 11.3. The van der Waals surface area contributed by atoms with E-state index in [2.05, 4.69) is 13.8 Å². The Hall–Kier alpha value is -4.66. The summed E-state index contributed by atoms with van der Waals surface area (Å²) >= 11 is 0. The molecule has 3 rings (SSSR count). The van der Waals surface area contributed by atoms with Crippen LogP contribution < -0.4 is 14.2 Å². The van der Waals surface area contributed by atoms with Crippen LogP contribution in [0, 0.1) is 0 Å². The number of ether oxygens (including phenoxy) is 5. The van der Waals surface area contributed by atoms with Crippen LogP contribution in [0.25, 0.3) is 0 Å². The Morgan fingerprint density at radius 2 is 0.956 bits per heavy atom. The van der Waals surface area contributed by atoms with Crippen molar-refractivity contribution in [2.75, 3.05) is 13.2 Å². The molecule has 0 spiro atoms. The van der Waals surface area contributed by atoms with E-state index in [-0.39, 0.29) is 22.6 Å². The number of hydrogen-bond acceptors (Lipinski definition) is 9. The standard InChI is InChI=1S/C36H42O9/c1-4-6-8-10-24-41-30-18-12-28(13-19-30)35(39)44-32-22-16-29(17-23-32)36(40)45-31-20-14-27(15-21-31)34(38)43-26(3)33(37)42-25-11-9-7-5-2/h12-23,26H,4-11,24-25H2,1-3H3/t26-/m0/s1. The Balaban J connectivity index is 1.44. The lowest BCUT2D eigenvalue weighted by atomic mass is 10.2. The molecular formula is C36H42O9. The first kappa shape index (κ1) is 34.8. The molecule has 1 atom stereocenters. The van der Waals surface area contributed by atoms with Crippen molar-refractivity contribution >= 4 is 23.9 Å². The van der Waals surface area contributed by atoms with E-state index in [1.54, 1.807) is 24.3 Å². The van der Waals surface area contributed by atoms with Crippen LogP contribution in [0.15, 0.2) is 72.8 Å². The van der Waals surface area contributed by atoms with Gasteiger partial charge in [-0.25, -0.2) is 19.2 Å². The highest BCUT2D eigenvalue weighted by Gasteiger charge is 2.20. The lowest BCUT2D eigenvalue weighted by molar-refractivity contribution is -0.153. The molecule has 240 valence electrons. The van der Waals surface area contributed by atoms with Crippen LogP contribution in [0.2, 0.25) is 0 Å². The average molecular weight is 619 g/mol. The van der Waals surface area contributed by atoms with Gasteiger partial charge in [0.05, 0.1) is 29.9 Å². The molecule has 3 aromatic carbocycles. The quantitative estimate of drug-likeness (QED) is 0.0801. The van der Waals surface area contributed by atoms with Crippen LogP contribution in [-0.2, 0) is 14.3 Å². The molecule has 0 saturated heterocycles. The molecule has 0 aliphatic carbocycles. The fraction of sp³-hybridized carbons (Fsp3) is 0.389. The minimum absolute atomic E-state index is 0.188. The van der Waals surface area contributed by atoms with E-state index in [0.29, 0.717) is 24.5 Å². The minimum atomic E-state index is -1.05. The number of carbonyl (C=O) groups excluding carboxylic acids is 4. The molecule has 0 saturated carbocycles. The molecule has 0 aliphatic rings. The van der Waals surface area contributed by atoms with Crippen LogP contribution in [-0.4, -0.2) is 43.2 Å². The first-order valence-electron chi connectivity index (χ1n) is 15.6. The SMILES string of the molecule is CCCCCCOC(=O)[C@H](C)OC(=O)c1ccc(OC(=O)c2ccc(OC(=O)c3ccc(OCCCCCC)cc3)cc2)cc1. The van der Waals surface area contributed by atoms with Crippen molar-refractivity contribution in [1.82, 2.24) is 0 Å². The number of hydrogen-bond donors (Lipinski definition) is 0. The van der Waals surface area contributed by atoms with E-state index >= 15 is 0 Å². The second kappa shape index (κ2) is 18.9. The number of esters is 4. The predicted octanol–water partition coefficient (Wildman–Crippen LogP) is 7.75. The molecule has 0 unspecified atom stereocenters. The zero-order valence-corrected chi connectivity index (χ0v) is 26.3. The van der Waals surface area contributed by atoms with Gasteiger partial charge in [0.15, 0.2) is 6.10 Å². The molecule has 0 aromatic heterocycles. The molecule has 0 amide bonds. The molecule has 9 heteroatoms. The third-order valence-electron chi connectivity index (χ3n) is 6.82. The van der Waals surface area contributed by atoms with Crippen LogP contribution in [0.4, 0.5) is 0 Å². The minimum Gasteiger partial charge on any atom is -0.494 e. The van der Waals surface area contributed by atoms with Gasteiger partial charge in [-0.3, -0.25) is 0 Å². The van der Waals surface area contributed by atoms with Gasteiger partial charge in [0.2, 0.25) is 0 Å². The van der Waals surface area contributed by atoms with Crippen LogP contribution in [0.5, 0.6) is 17.2 Å². The second-order valence-electron chi connectivity index (χ2n) is 10.5.